The van der Waals surface area contributed by atoms with Gasteiger partial charge in [0.05, 0.1) is 10.2 Å². The minimum absolute atomic E-state index is 0.205. The van der Waals surface area contributed by atoms with E-state index in [-0.39, 0.29) is 17.2 Å². The number of halogens is 2. The SMILES string of the molecule is COCCCNc1nc2c(s1)c(=O)[nH]c1c2sc2nc(C(F)F)cc(C3CC3)c21. The maximum Gasteiger partial charge on any atom is 0.280 e. The zero-order valence-corrected chi connectivity index (χ0v) is 17.2. The number of hydrogen-bond acceptors (Lipinski definition) is 7. The second kappa shape index (κ2) is 7.26. The summed E-state index contributed by atoms with van der Waals surface area (Å²) in [6.07, 6.45) is 0.144. The van der Waals surface area contributed by atoms with Crippen molar-refractivity contribution in [1.29, 1.82) is 0 Å². The van der Waals surface area contributed by atoms with E-state index in [4.69, 9.17) is 4.74 Å². The monoisotopic (exact) mass is 436 g/mol. The van der Waals surface area contributed by atoms with Crippen LogP contribution in [0, 0.1) is 0 Å². The van der Waals surface area contributed by atoms with Crippen LogP contribution in [-0.4, -0.2) is 35.2 Å². The van der Waals surface area contributed by atoms with Gasteiger partial charge in [0.1, 0.15) is 20.7 Å². The average molecular weight is 437 g/mol. The number of aromatic amines is 1. The average Bonchev–Trinajstić information content (AvgIpc) is 3.35. The number of pyridine rings is 2. The molecule has 10 heteroatoms. The van der Waals surface area contributed by atoms with Crippen molar-refractivity contribution in [3.8, 4) is 0 Å². The zero-order valence-electron chi connectivity index (χ0n) is 15.6. The Hall–Kier alpha value is -2.17. The Kier molecular flexibility index (Phi) is 4.72. The van der Waals surface area contributed by atoms with Crippen molar-refractivity contribution in [2.75, 3.05) is 25.6 Å². The van der Waals surface area contributed by atoms with E-state index in [1.807, 2.05) is 0 Å². The lowest BCUT2D eigenvalue weighted by atomic mass is 10.1. The molecule has 0 aromatic carbocycles. The lowest BCUT2D eigenvalue weighted by Gasteiger charge is -2.05. The molecule has 1 aliphatic rings. The van der Waals surface area contributed by atoms with E-state index in [1.165, 1.54) is 28.7 Å². The number of methoxy groups -OCH3 is 1. The molecular formula is C19H18F2N4O2S2. The van der Waals surface area contributed by atoms with Crippen molar-refractivity contribution < 1.29 is 13.5 Å². The van der Waals surface area contributed by atoms with Gasteiger partial charge in [-0.15, -0.1) is 11.3 Å². The predicted molar refractivity (Wildman–Crippen MR) is 113 cm³/mol. The molecule has 29 heavy (non-hydrogen) atoms. The van der Waals surface area contributed by atoms with Crippen LogP contribution < -0.4 is 10.9 Å². The number of aromatic nitrogens is 3. The van der Waals surface area contributed by atoms with Gasteiger partial charge < -0.3 is 15.0 Å². The summed E-state index contributed by atoms with van der Waals surface area (Å²) in [5.74, 6) is 0.253. The molecule has 0 saturated heterocycles. The lowest BCUT2D eigenvalue weighted by molar-refractivity contribution is 0.146. The standard InChI is InChI=1S/C19H18F2N4O2S2/c1-27-6-2-5-22-19-25-13-14-12(24-17(26)15(13)29-19)11-9(8-3-4-8)7-10(16(20)21)23-18(11)28-14/h7-8,16H,2-6H2,1H3,(H,22,25)(H,24,26). The van der Waals surface area contributed by atoms with E-state index in [0.717, 1.165) is 34.9 Å². The molecule has 0 spiro atoms. The second-order valence-electron chi connectivity index (χ2n) is 7.12. The van der Waals surface area contributed by atoms with Gasteiger partial charge in [0.15, 0.2) is 5.13 Å². The van der Waals surface area contributed by atoms with Gasteiger partial charge in [0, 0.05) is 25.6 Å². The summed E-state index contributed by atoms with van der Waals surface area (Å²) < 4.78 is 33.1. The summed E-state index contributed by atoms with van der Waals surface area (Å²) in [5.41, 5.74) is 1.71. The molecule has 152 valence electrons. The number of anilines is 1. The van der Waals surface area contributed by atoms with E-state index >= 15 is 0 Å². The number of ether oxygens (including phenoxy) is 1. The van der Waals surface area contributed by atoms with Crippen LogP contribution in [0.5, 0.6) is 0 Å². The van der Waals surface area contributed by atoms with E-state index in [1.54, 1.807) is 7.11 Å². The van der Waals surface area contributed by atoms with Gasteiger partial charge in [-0.3, -0.25) is 4.79 Å². The van der Waals surface area contributed by atoms with E-state index in [2.05, 4.69) is 20.3 Å². The number of rotatable bonds is 7. The minimum atomic E-state index is -2.62. The van der Waals surface area contributed by atoms with Crippen LogP contribution in [0.15, 0.2) is 10.9 Å². The molecule has 0 bridgehead atoms. The van der Waals surface area contributed by atoms with Crippen LogP contribution in [0.1, 0.15) is 42.9 Å². The highest BCUT2D eigenvalue weighted by Crippen LogP contribution is 2.48. The van der Waals surface area contributed by atoms with Gasteiger partial charge in [0.2, 0.25) is 0 Å². The van der Waals surface area contributed by atoms with Crippen LogP contribution in [0.4, 0.5) is 13.9 Å². The summed E-state index contributed by atoms with van der Waals surface area (Å²) in [4.78, 5) is 25.0. The fraction of sp³-hybridized carbons (Fsp3) is 0.421. The first-order valence-corrected chi connectivity index (χ1v) is 11.0. The number of thiazole rings is 1. The number of hydrogen-bond donors (Lipinski definition) is 2. The largest absolute Gasteiger partial charge is 0.385 e. The van der Waals surface area contributed by atoms with Gasteiger partial charge in [-0.2, -0.15) is 0 Å². The Morgan fingerprint density at radius 3 is 2.86 bits per heavy atom. The quantitative estimate of drug-likeness (QED) is 0.398. The van der Waals surface area contributed by atoms with Crippen molar-refractivity contribution in [3.05, 3.63) is 27.7 Å². The van der Waals surface area contributed by atoms with E-state index < -0.39 is 6.43 Å². The molecule has 0 aliphatic heterocycles. The van der Waals surface area contributed by atoms with Crippen molar-refractivity contribution in [2.45, 2.75) is 31.6 Å². The number of fused-ring (bicyclic) bond motifs is 5. The van der Waals surface area contributed by atoms with Gasteiger partial charge in [-0.25, -0.2) is 18.7 Å². The first-order chi connectivity index (χ1) is 14.1. The highest BCUT2D eigenvalue weighted by Gasteiger charge is 2.30. The molecule has 4 heterocycles. The van der Waals surface area contributed by atoms with E-state index in [0.29, 0.717) is 38.8 Å². The number of H-pyrrole nitrogens is 1. The maximum atomic E-state index is 13.4. The van der Waals surface area contributed by atoms with Crippen LogP contribution in [0.2, 0.25) is 0 Å². The van der Waals surface area contributed by atoms with E-state index in [9.17, 15) is 13.6 Å². The highest BCUT2D eigenvalue weighted by molar-refractivity contribution is 7.27. The Balaban J connectivity index is 1.69. The molecule has 2 N–H and O–H groups in total. The third-order valence-electron chi connectivity index (χ3n) is 5.04. The number of nitrogens with zero attached hydrogens (tertiary/aromatic N) is 2. The molecule has 5 rings (SSSR count). The lowest BCUT2D eigenvalue weighted by Crippen LogP contribution is -2.04. The molecule has 1 aliphatic carbocycles. The molecular weight excluding hydrogens is 418 g/mol. The van der Waals surface area contributed by atoms with Crippen LogP contribution >= 0.6 is 22.7 Å². The van der Waals surface area contributed by atoms with Crippen molar-refractivity contribution in [1.82, 2.24) is 15.0 Å². The molecule has 0 atom stereocenters. The van der Waals surface area contributed by atoms with Crippen molar-refractivity contribution in [2.24, 2.45) is 0 Å². The van der Waals surface area contributed by atoms with Gasteiger partial charge >= 0.3 is 0 Å². The van der Waals surface area contributed by atoms with Crippen molar-refractivity contribution >= 4 is 58.5 Å². The molecule has 4 aromatic heterocycles. The van der Waals surface area contributed by atoms with Gasteiger partial charge in [0.25, 0.3) is 12.0 Å². The summed E-state index contributed by atoms with van der Waals surface area (Å²) in [6, 6.07) is 1.50. The molecule has 0 amide bonds. The van der Waals surface area contributed by atoms with Crippen molar-refractivity contribution in [3.63, 3.8) is 0 Å². The fourth-order valence-electron chi connectivity index (χ4n) is 3.55. The molecule has 0 unspecified atom stereocenters. The van der Waals surface area contributed by atoms with Crippen LogP contribution in [-0.2, 0) is 4.74 Å². The molecule has 0 radical (unpaired) electrons. The molecule has 4 aromatic rings. The van der Waals surface area contributed by atoms with Crippen LogP contribution in [0.3, 0.4) is 0 Å². The smallest absolute Gasteiger partial charge is 0.280 e. The Morgan fingerprint density at radius 2 is 2.14 bits per heavy atom. The number of thiophene rings is 1. The third kappa shape index (κ3) is 3.28. The molecule has 1 saturated carbocycles. The number of nitrogens with one attached hydrogen (secondary N) is 2. The highest BCUT2D eigenvalue weighted by atomic mass is 32.1. The zero-order chi connectivity index (χ0) is 20.1. The summed E-state index contributed by atoms with van der Waals surface area (Å²) in [5, 5.41) is 4.68. The fourth-order valence-corrected chi connectivity index (χ4v) is 5.67. The number of alkyl halides is 2. The molecule has 1 fully saturated rings. The predicted octanol–water partition coefficient (Wildman–Crippen LogP) is 5.01. The Labute approximate surface area is 171 Å². The van der Waals surface area contributed by atoms with Gasteiger partial charge in [-0.1, -0.05) is 11.3 Å². The second-order valence-corrected chi connectivity index (χ2v) is 9.12. The Bertz CT molecular complexity index is 1280. The topological polar surface area (TPSA) is 79.9 Å². The first kappa shape index (κ1) is 18.8. The van der Waals surface area contributed by atoms with Gasteiger partial charge in [-0.05, 0) is 36.8 Å². The molecule has 6 nitrogen and oxygen atoms in total. The minimum Gasteiger partial charge on any atom is -0.385 e. The summed E-state index contributed by atoms with van der Waals surface area (Å²) >= 11 is 2.61. The first-order valence-electron chi connectivity index (χ1n) is 9.37. The summed E-state index contributed by atoms with van der Waals surface area (Å²) in [7, 11) is 1.65. The normalized spacial score (nSPS) is 14.6. The third-order valence-corrected chi connectivity index (χ3v) is 7.14. The maximum absolute atomic E-state index is 13.4. The summed E-state index contributed by atoms with van der Waals surface area (Å²) in [6.45, 7) is 1.33. The van der Waals surface area contributed by atoms with Crippen LogP contribution in [0.25, 0.3) is 30.6 Å². The Morgan fingerprint density at radius 1 is 1.31 bits per heavy atom.